The minimum Gasteiger partial charge on any atom is -0.497 e. The standard InChI is InChI=1S/C14H19NO2/c1-11(16)13-7-8-15(10-13)9-12-3-5-14(17-2)6-4-12/h3-6,13H,7-10H2,1-2H3. The molecule has 0 spiro atoms. The fourth-order valence-electron chi connectivity index (χ4n) is 2.30. The van der Waals surface area contributed by atoms with E-state index in [-0.39, 0.29) is 5.92 Å². The van der Waals surface area contributed by atoms with Gasteiger partial charge in [-0.05, 0) is 37.6 Å². The van der Waals surface area contributed by atoms with Crippen LogP contribution in [-0.4, -0.2) is 30.9 Å². The van der Waals surface area contributed by atoms with Crippen LogP contribution >= 0.6 is 0 Å². The third-order valence-corrected chi connectivity index (χ3v) is 3.41. The Balaban J connectivity index is 1.91. The molecule has 1 saturated heterocycles. The van der Waals surface area contributed by atoms with E-state index in [0.717, 1.165) is 31.8 Å². The second kappa shape index (κ2) is 5.32. The van der Waals surface area contributed by atoms with Gasteiger partial charge in [0.15, 0.2) is 0 Å². The SMILES string of the molecule is COc1ccc(CN2CCC(C(C)=O)C2)cc1. The summed E-state index contributed by atoms with van der Waals surface area (Å²) < 4.78 is 5.13. The number of methoxy groups -OCH3 is 1. The summed E-state index contributed by atoms with van der Waals surface area (Å²) in [7, 11) is 1.67. The first-order chi connectivity index (χ1) is 8.19. The number of ether oxygens (including phenoxy) is 1. The predicted molar refractivity (Wildman–Crippen MR) is 67.1 cm³/mol. The van der Waals surface area contributed by atoms with Crippen molar-refractivity contribution < 1.29 is 9.53 Å². The second-order valence-electron chi connectivity index (χ2n) is 4.68. The summed E-state index contributed by atoms with van der Waals surface area (Å²) in [6.45, 7) is 4.55. The van der Waals surface area contributed by atoms with Crippen molar-refractivity contribution in [2.45, 2.75) is 19.9 Å². The molecule has 2 rings (SSSR count). The summed E-state index contributed by atoms with van der Waals surface area (Å²) in [4.78, 5) is 13.6. The lowest BCUT2D eigenvalue weighted by molar-refractivity contribution is -0.120. The van der Waals surface area contributed by atoms with Crippen molar-refractivity contribution in [3.05, 3.63) is 29.8 Å². The molecule has 0 saturated carbocycles. The van der Waals surface area contributed by atoms with Gasteiger partial charge in [-0.15, -0.1) is 0 Å². The van der Waals surface area contributed by atoms with E-state index >= 15 is 0 Å². The Morgan fingerprint density at radius 1 is 1.41 bits per heavy atom. The largest absolute Gasteiger partial charge is 0.497 e. The van der Waals surface area contributed by atoms with E-state index < -0.39 is 0 Å². The minimum atomic E-state index is 0.244. The number of Topliss-reactive ketones (excluding diaryl/α,β-unsaturated/α-hetero) is 1. The lowest BCUT2D eigenvalue weighted by Gasteiger charge is -2.15. The van der Waals surface area contributed by atoms with Crippen molar-refractivity contribution in [3.8, 4) is 5.75 Å². The van der Waals surface area contributed by atoms with Crippen LogP contribution < -0.4 is 4.74 Å². The fraction of sp³-hybridized carbons (Fsp3) is 0.500. The number of ketones is 1. The zero-order valence-electron chi connectivity index (χ0n) is 10.5. The topological polar surface area (TPSA) is 29.5 Å². The summed E-state index contributed by atoms with van der Waals surface area (Å²) in [6, 6.07) is 8.13. The van der Waals surface area contributed by atoms with Gasteiger partial charge in [0.05, 0.1) is 7.11 Å². The van der Waals surface area contributed by atoms with Gasteiger partial charge in [0.25, 0.3) is 0 Å². The van der Waals surface area contributed by atoms with Crippen molar-refractivity contribution >= 4 is 5.78 Å². The van der Waals surface area contributed by atoms with Crippen LogP contribution in [0.4, 0.5) is 0 Å². The maximum absolute atomic E-state index is 11.3. The van der Waals surface area contributed by atoms with Crippen LogP contribution in [-0.2, 0) is 11.3 Å². The molecule has 1 atom stereocenters. The molecule has 0 radical (unpaired) electrons. The van der Waals surface area contributed by atoms with Crippen LogP contribution in [0.1, 0.15) is 18.9 Å². The average molecular weight is 233 g/mol. The normalized spacial score (nSPS) is 20.5. The van der Waals surface area contributed by atoms with E-state index in [1.54, 1.807) is 14.0 Å². The first-order valence-electron chi connectivity index (χ1n) is 6.05. The van der Waals surface area contributed by atoms with Crippen LogP contribution in [0.5, 0.6) is 5.75 Å². The molecule has 0 aliphatic carbocycles. The molecular formula is C14H19NO2. The van der Waals surface area contributed by atoms with E-state index in [1.165, 1.54) is 5.56 Å². The maximum atomic E-state index is 11.3. The molecule has 0 N–H and O–H groups in total. The molecular weight excluding hydrogens is 214 g/mol. The second-order valence-corrected chi connectivity index (χ2v) is 4.68. The first kappa shape index (κ1) is 12.1. The third-order valence-electron chi connectivity index (χ3n) is 3.41. The van der Waals surface area contributed by atoms with Crippen molar-refractivity contribution in [2.24, 2.45) is 5.92 Å². The highest BCUT2D eigenvalue weighted by Crippen LogP contribution is 2.20. The van der Waals surface area contributed by atoms with Crippen molar-refractivity contribution in [1.29, 1.82) is 0 Å². The van der Waals surface area contributed by atoms with Crippen molar-refractivity contribution in [3.63, 3.8) is 0 Å². The summed E-state index contributed by atoms with van der Waals surface area (Å²) >= 11 is 0. The Hall–Kier alpha value is -1.35. The Morgan fingerprint density at radius 3 is 2.65 bits per heavy atom. The van der Waals surface area contributed by atoms with Gasteiger partial charge in [-0.3, -0.25) is 9.69 Å². The molecule has 1 fully saturated rings. The fourth-order valence-corrected chi connectivity index (χ4v) is 2.30. The smallest absolute Gasteiger partial charge is 0.134 e. The summed E-state index contributed by atoms with van der Waals surface area (Å²) in [5.41, 5.74) is 1.27. The number of likely N-dealkylation sites (tertiary alicyclic amines) is 1. The lowest BCUT2D eigenvalue weighted by Crippen LogP contribution is -2.21. The van der Waals surface area contributed by atoms with Gasteiger partial charge in [-0.1, -0.05) is 12.1 Å². The van der Waals surface area contributed by atoms with E-state index in [4.69, 9.17) is 4.74 Å². The molecule has 0 amide bonds. The molecule has 1 aliphatic rings. The van der Waals surface area contributed by atoms with Crippen LogP contribution in [0.15, 0.2) is 24.3 Å². The zero-order chi connectivity index (χ0) is 12.3. The van der Waals surface area contributed by atoms with Gasteiger partial charge in [0, 0.05) is 19.0 Å². The minimum absolute atomic E-state index is 0.244. The molecule has 3 heteroatoms. The van der Waals surface area contributed by atoms with Gasteiger partial charge in [-0.2, -0.15) is 0 Å². The van der Waals surface area contributed by atoms with Crippen molar-refractivity contribution in [2.75, 3.05) is 20.2 Å². The van der Waals surface area contributed by atoms with E-state index in [9.17, 15) is 4.79 Å². The van der Waals surface area contributed by atoms with Gasteiger partial charge >= 0.3 is 0 Å². The monoisotopic (exact) mass is 233 g/mol. The lowest BCUT2D eigenvalue weighted by atomic mass is 10.1. The average Bonchev–Trinajstić information content (AvgIpc) is 2.79. The highest BCUT2D eigenvalue weighted by atomic mass is 16.5. The predicted octanol–water partition coefficient (Wildman–Crippen LogP) is 2.11. The molecule has 0 aromatic heterocycles. The molecule has 1 aliphatic heterocycles. The Labute approximate surface area is 102 Å². The molecule has 0 bridgehead atoms. The molecule has 92 valence electrons. The number of benzene rings is 1. The maximum Gasteiger partial charge on any atom is 0.134 e. The van der Waals surface area contributed by atoms with E-state index in [0.29, 0.717) is 5.78 Å². The Kier molecular flexibility index (Phi) is 3.79. The Bertz CT molecular complexity index is 386. The third kappa shape index (κ3) is 3.07. The van der Waals surface area contributed by atoms with Crippen LogP contribution in [0.3, 0.4) is 0 Å². The number of nitrogens with zero attached hydrogens (tertiary/aromatic N) is 1. The molecule has 1 heterocycles. The number of carbonyl (C=O) groups excluding carboxylic acids is 1. The summed E-state index contributed by atoms with van der Waals surface area (Å²) in [5.74, 6) is 1.45. The quantitative estimate of drug-likeness (QED) is 0.797. The van der Waals surface area contributed by atoms with Crippen LogP contribution in [0, 0.1) is 5.92 Å². The molecule has 1 aromatic carbocycles. The van der Waals surface area contributed by atoms with Crippen LogP contribution in [0.2, 0.25) is 0 Å². The van der Waals surface area contributed by atoms with Gasteiger partial charge in [0.1, 0.15) is 11.5 Å². The summed E-state index contributed by atoms with van der Waals surface area (Å²) in [6.07, 6.45) is 1.01. The number of hydrogen-bond acceptors (Lipinski definition) is 3. The van der Waals surface area contributed by atoms with E-state index in [2.05, 4.69) is 17.0 Å². The van der Waals surface area contributed by atoms with E-state index in [1.807, 2.05) is 12.1 Å². The van der Waals surface area contributed by atoms with Crippen molar-refractivity contribution in [1.82, 2.24) is 4.90 Å². The molecule has 3 nitrogen and oxygen atoms in total. The summed E-state index contributed by atoms with van der Waals surface area (Å²) in [5, 5.41) is 0. The number of hydrogen-bond donors (Lipinski definition) is 0. The van der Waals surface area contributed by atoms with Crippen LogP contribution in [0.25, 0.3) is 0 Å². The highest BCUT2D eigenvalue weighted by molar-refractivity contribution is 5.78. The first-order valence-corrected chi connectivity index (χ1v) is 6.05. The van der Waals surface area contributed by atoms with Gasteiger partial charge in [0.2, 0.25) is 0 Å². The number of rotatable bonds is 4. The van der Waals surface area contributed by atoms with Gasteiger partial charge in [-0.25, -0.2) is 0 Å². The Morgan fingerprint density at radius 2 is 2.12 bits per heavy atom. The molecule has 1 unspecified atom stereocenters. The molecule has 17 heavy (non-hydrogen) atoms. The van der Waals surface area contributed by atoms with Gasteiger partial charge < -0.3 is 4.74 Å². The number of carbonyl (C=O) groups is 1. The zero-order valence-corrected chi connectivity index (χ0v) is 10.5. The molecule has 1 aromatic rings. The highest BCUT2D eigenvalue weighted by Gasteiger charge is 2.25.